The quantitative estimate of drug-likeness (QED) is 0.142. The van der Waals surface area contributed by atoms with Gasteiger partial charge in [-0.15, -0.1) is 0 Å². The number of fused-ring (bicyclic) bond motifs is 16. The van der Waals surface area contributed by atoms with Crippen LogP contribution in [0, 0.1) is 17.9 Å². The summed E-state index contributed by atoms with van der Waals surface area (Å²) < 4.78 is 16.1. The third-order valence-corrected chi connectivity index (χ3v) is 16.6. The molecule has 0 amide bonds. The molecule has 0 unspecified atom stereocenters. The van der Waals surface area contributed by atoms with Crippen LogP contribution in [0.2, 0.25) is 0 Å². The molecule has 0 spiro atoms. The molecule has 0 atom stereocenters. The van der Waals surface area contributed by atoms with Gasteiger partial charge in [0.25, 0.3) is 0 Å². The van der Waals surface area contributed by atoms with Crippen LogP contribution >= 0.6 is 0 Å². The molecule has 5 heterocycles. The van der Waals surface area contributed by atoms with Crippen molar-refractivity contribution < 1.29 is 4.42 Å². The summed E-state index contributed by atoms with van der Waals surface area (Å²) >= 11 is 0. The van der Waals surface area contributed by atoms with Gasteiger partial charge in [-0.2, -0.15) is 5.26 Å². The van der Waals surface area contributed by atoms with E-state index in [4.69, 9.17) is 9.26 Å². The van der Waals surface area contributed by atoms with Crippen LogP contribution in [0.1, 0.15) is 30.9 Å². The maximum atomic E-state index is 12.7. The minimum absolute atomic E-state index is 0.342. The molecule has 79 heavy (non-hydrogen) atoms. The molecule has 0 fully saturated rings. The molecular weight excluding hydrogens is 965 g/mol. The Balaban J connectivity index is 1.24. The number of hydrogen-bond acceptors (Lipinski definition) is 2. The number of nitriles is 1. The highest BCUT2D eigenvalue weighted by Gasteiger charge is 2.35. The number of aryl methyl sites for hydroxylation is 1. The van der Waals surface area contributed by atoms with Crippen LogP contribution in [-0.2, 0) is 6.42 Å². The summed E-state index contributed by atoms with van der Waals surface area (Å²) in [5.74, 6) is 0. The second-order valence-corrected chi connectivity index (χ2v) is 20.7. The number of rotatable bonds is 8. The Hall–Kier alpha value is -10.6. The largest absolute Gasteiger partial charge is 0.456 e. The Bertz CT molecular complexity index is 5040. The van der Waals surface area contributed by atoms with E-state index in [1.54, 1.807) is 0 Å². The summed E-state index contributed by atoms with van der Waals surface area (Å²) in [4.78, 5) is 4.82. The molecule has 0 aliphatic carbocycles. The first-order valence-corrected chi connectivity index (χ1v) is 27.1. The van der Waals surface area contributed by atoms with E-state index in [0.29, 0.717) is 34.0 Å². The van der Waals surface area contributed by atoms with Gasteiger partial charge >= 0.3 is 0 Å². The van der Waals surface area contributed by atoms with Gasteiger partial charge in [0.05, 0.1) is 84.4 Å². The minimum Gasteiger partial charge on any atom is -0.456 e. The molecule has 0 bridgehead atoms. The third kappa shape index (κ3) is 6.21. The average Bonchev–Trinajstić information content (AvgIpc) is 4.43. The zero-order valence-electron chi connectivity index (χ0n) is 43.1. The normalized spacial score (nSPS) is 12.0. The maximum Gasteiger partial charge on any atom is 0.237 e. The van der Waals surface area contributed by atoms with Crippen molar-refractivity contribution in [2.45, 2.75) is 26.2 Å². The van der Waals surface area contributed by atoms with E-state index in [0.717, 1.165) is 134 Å². The Kier molecular flexibility index (Phi) is 9.73. The molecule has 0 aliphatic heterocycles. The Morgan fingerprint density at radius 3 is 1.42 bits per heavy atom. The van der Waals surface area contributed by atoms with E-state index in [9.17, 15) is 11.8 Å². The summed E-state index contributed by atoms with van der Waals surface area (Å²) in [6.07, 6.45) is 3.11. The first kappa shape index (κ1) is 44.7. The van der Waals surface area contributed by atoms with E-state index >= 15 is 0 Å². The molecule has 16 aromatic rings. The molecule has 7 nitrogen and oxygen atoms in total. The summed E-state index contributed by atoms with van der Waals surface area (Å²) in [5, 5.41) is 22.9. The molecule has 5 aromatic heterocycles. The molecule has 0 saturated carbocycles. The topological polar surface area (TPSA) is 61.0 Å². The highest BCUT2D eigenvalue weighted by molar-refractivity contribution is 6.26. The second kappa shape index (κ2) is 17.2. The van der Waals surface area contributed by atoms with Crippen LogP contribution in [0.5, 0.6) is 0 Å². The van der Waals surface area contributed by atoms with Crippen LogP contribution in [0.25, 0.3) is 148 Å². The van der Waals surface area contributed by atoms with Crippen LogP contribution in [0.15, 0.2) is 229 Å². The third-order valence-electron chi connectivity index (χ3n) is 16.6. The Labute approximate surface area is 453 Å². The molecule has 0 aliphatic rings. The van der Waals surface area contributed by atoms with Crippen LogP contribution in [0.3, 0.4) is 0 Å². The molecule has 0 radical (unpaired) electrons. The molecular formula is C72H46N6O. The summed E-state index contributed by atoms with van der Waals surface area (Å²) in [6, 6.07) is 82.1. The monoisotopic (exact) mass is 1010 g/mol. The van der Waals surface area contributed by atoms with Crippen LogP contribution in [-0.4, -0.2) is 18.3 Å². The number of para-hydroxylation sites is 7. The predicted octanol–water partition coefficient (Wildman–Crippen LogP) is 19.4. The van der Waals surface area contributed by atoms with Crippen LogP contribution in [0.4, 0.5) is 5.69 Å². The fourth-order valence-corrected chi connectivity index (χ4v) is 13.3. The summed E-state index contributed by atoms with van der Waals surface area (Å²) in [5.41, 5.74) is 15.7. The van der Waals surface area contributed by atoms with Gasteiger partial charge < -0.3 is 22.7 Å². The molecule has 0 N–H and O–H groups in total. The van der Waals surface area contributed by atoms with E-state index in [-0.39, 0.29) is 0 Å². The fraction of sp³-hybridized carbons (Fsp3) is 0.0556. The molecule has 370 valence electrons. The standard InChI is InChI=1S/C72H46N6O/c1-3-4-21-44-22-5-6-23-46(44)45-38-39-53-54-40-41-65-66(55-30-13-20-37-64(55)79-65)68(54)78(63(53)42-45)72-70(76-59-33-16-9-26-49(59)50-27-10-17-34-60(50)76)56(43-73)69(75-57-31-14-7-24-47(57)48-25-8-15-32-58(48)75)67(74-2)71(72)77-61-35-18-11-28-51(61)52-29-12-19-36-62(52)77/h5-20,22-42H,3-4,21H2,1H3. The molecule has 16 rings (SSSR count). The number of benzene rings is 11. The van der Waals surface area contributed by atoms with Gasteiger partial charge in [0.2, 0.25) is 5.69 Å². The smallest absolute Gasteiger partial charge is 0.237 e. The first-order chi connectivity index (χ1) is 39.1. The highest BCUT2D eigenvalue weighted by Crippen LogP contribution is 2.53. The lowest BCUT2D eigenvalue weighted by atomic mass is 9.95. The maximum absolute atomic E-state index is 12.7. The van der Waals surface area contributed by atoms with Gasteiger partial charge in [-0.3, -0.25) is 0 Å². The highest BCUT2D eigenvalue weighted by atomic mass is 16.3. The lowest BCUT2D eigenvalue weighted by molar-refractivity contribution is 0.669. The summed E-state index contributed by atoms with van der Waals surface area (Å²) in [6.45, 7) is 12.1. The van der Waals surface area contributed by atoms with Crippen molar-refractivity contribution in [3.8, 4) is 39.9 Å². The van der Waals surface area contributed by atoms with Crippen molar-refractivity contribution in [3.63, 3.8) is 0 Å². The first-order valence-electron chi connectivity index (χ1n) is 27.1. The number of nitrogens with zero attached hydrogens (tertiary/aromatic N) is 6. The molecule has 0 saturated heterocycles. The van der Waals surface area contributed by atoms with Crippen molar-refractivity contribution in [2.75, 3.05) is 0 Å². The van der Waals surface area contributed by atoms with Gasteiger partial charge in [-0.25, -0.2) is 4.85 Å². The number of unbranched alkanes of at least 4 members (excludes halogenated alkanes) is 1. The van der Waals surface area contributed by atoms with Crippen molar-refractivity contribution >= 4 is 115 Å². The number of furan rings is 1. The van der Waals surface area contributed by atoms with Crippen LogP contribution < -0.4 is 0 Å². The van der Waals surface area contributed by atoms with Gasteiger partial charge in [-0.1, -0.05) is 177 Å². The number of hydrogen-bond donors (Lipinski definition) is 0. The van der Waals surface area contributed by atoms with E-state index < -0.39 is 0 Å². The zero-order chi connectivity index (χ0) is 52.5. The molecule has 11 aromatic carbocycles. The fourth-order valence-electron chi connectivity index (χ4n) is 13.3. The Morgan fingerprint density at radius 2 is 0.886 bits per heavy atom. The number of aromatic nitrogens is 4. The van der Waals surface area contributed by atoms with Gasteiger partial charge in [0.15, 0.2) is 0 Å². The van der Waals surface area contributed by atoms with Gasteiger partial charge in [0, 0.05) is 48.5 Å². The minimum atomic E-state index is 0.342. The Morgan fingerprint density at radius 1 is 0.430 bits per heavy atom. The lowest BCUT2D eigenvalue weighted by Crippen LogP contribution is -2.14. The molecule has 7 heteroatoms. The zero-order valence-corrected chi connectivity index (χ0v) is 43.1. The van der Waals surface area contributed by atoms with Crippen molar-refractivity contribution in [3.05, 3.63) is 247 Å². The van der Waals surface area contributed by atoms with Crippen molar-refractivity contribution in [1.29, 1.82) is 5.26 Å². The van der Waals surface area contributed by atoms with Gasteiger partial charge in [-0.05, 0) is 90.2 Å². The van der Waals surface area contributed by atoms with Crippen molar-refractivity contribution in [1.82, 2.24) is 18.3 Å². The average molecular weight is 1010 g/mol. The second-order valence-electron chi connectivity index (χ2n) is 20.7. The van der Waals surface area contributed by atoms with Gasteiger partial charge in [0.1, 0.15) is 17.2 Å². The van der Waals surface area contributed by atoms with E-state index in [1.165, 1.54) is 11.1 Å². The predicted molar refractivity (Wildman–Crippen MR) is 326 cm³/mol. The van der Waals surface area contributed by atoms with Crippen molar-refractivity contribution in [2.24, 2.45) is 0 Å². The van der Waals surface area contributed by atoms with E-state index in [2.05, 4.69) is 231 Å². The SMILES string of the molecule is [C-]#[N+]c1c(-n2c3ccccc3c3ccccc32)c(C#N)c(-n2c3ccccc3c3ccccc32)c(-n2c3cc(-c4ccccc4CCCC)ccc3c3ccc4oc5ccccc5c4c32)c1-n1c2ccccc2c2ccccc21. The van der Waals surface area contributed by atoms with E-state index in [1.807, 2.05) is 24.3 Å². The lowest BCUT2D eigenvalue weighted by Gasteiger charge is -2.27. The summed E-state index contributed by atoms with van der Waals surface area (Å²) in [7, 11) is 0.